The van der Waals surface area contributed by atoms with Crippen LogP contribution in [-0.4, -0.2) is 136 Å². The minimum absolute atomic E-state index is 0.00919. The van der Waals surface area contributed by atoms with E-state index in [-0.39, 0.29) is 87.1 Å². The van der Waals surface area contributed by atoms with E-state index in [0.29, 0.717) is 58.3 Å². The predicted octanol–water partition coefficient (Wildman–Crippen LogP) is 1.39. The first-order chi connectivity index (χ1) is 36.8. The van der Waals surface area contributed by atoms with E-state index < -0.39 is 103 Å². The van der Waals surface area contributed by atoms with E-state index in [4.69, 9.17) is 14.5 Å². The molecule has 4 aliphatic rings. The van der Waals surface area contributed by atoms with E-state index in [9.17, 15) is 48.3 Å². The molecule has 0 aliphatic carbocycles. The van der Waals surface area contributed by atoms with Gasteiger partial charge in [-0.25, -0.2) is 22.9 Å². The van der Waals surface area contributed by atoms with Crippen LogP contribution >= 0.6 is 0 Å². The lowest BCUT2D eigenvalue weighted by Crippen LogP contribution is -2.53. The standard InChI is InChI=1S/C53H58F3N9O12/c1-3-52(75)36-20-40-48-34(26-65(40)50(73)35(36)28-76-51(52)74)33(32-18-30(2)37(54)21-38(32)62-48)25-63-17-15-53(55,56)41(27-63)77-29-60-44(68)23-59-49(72)39(19-31-10-6-4-7-11-31)61-45(69)24-58-43(67)22-57-42(66)12-8-5-9-16-64-46(70)13-14-47(64)71/h4,6-7,10-11,13-14,18,20-21,39,41,75H,3,5,8-9,12,15-17,19,22-29H2,1-2H3,(H,57,66)(H,58,67)(H,59,72)(H,60,68)(H,61,69)/t39-,41+,52-/m0/s1. The summed E-state index contributed by atoms with van der Waals surface area (Å²) in [6.07, 6.45) is 1.57. The molecule has 2 aromatic carbocycles. The highest BCUT2D eigenvalue weighted by Crippen LogP contribution is 2.41. The number of nitrogens with one attached hydrogen (secondary N) is 5. The molecule has 0 spiro atoms. The van der Waals surface area contributed by atoms with Gasteiger partial charge in [0.2, 0.25) is 29.5 Å². The number of aryl methyl sites for hydroxylation is 1. The molecule has 0 unspecified atom stereocenters. The van der Waals surface area contributed by atoms with Crippen molar-refractivity contribution in [3.05, 3.63) is 110 Å². The smallest absolute Gasteiger partial charge is 0.343 e. The maximum Gasteiger partial charge on any atom is 0.343 e. The minimum Gasteiger partial charge on any atom is -0.458 e. The maximum absolute atomic E-state index is 15.5. The molecule has 0 bridgehead atoms. The van der Waals surface area contributed by atoms with Crippen LogP contribution in [0, 0.1) is 12.7 Å². The van der Waals surface area contributed by atoms with Crippen LogP contribution in [0.25, 0.3) is 22.3 Å². The van der Waals surface area contributed by atoms with Gasteiger partial charge >= 0.3 is 5.97 Å². The summed E-state index contributed by atoms with van der Waals surface area (Å²) in [6, 6.07) is 11.8. The van der Waals surface area contributed by atoms with E-state index in [1.807, 2.05) is 0 Å². The highest BCUT2D eigenvalue weighted by atomic mass is 19.3. The van der Waals surface area contributed by atoms with Gasteiger partial charge in [-0.1, -0.05) is 43.7 Å². The number of amides is 7. The van der Waals surface area contributed by atoms with Gasteiger partial charge < -0.3 is 45.7 Å². The zero-order valence-corrected chi connectivity index (χ0v) is 42.3. The summed E-state index contributed by atoms with van der Waals surface area (Å²) in [6.45, 7) is 0.429. The van der Waals surface area contributed by atoms with Crippen molar-refractivity contribution < 1.29 is 66.1 Å². The number of likely N-dealkylation sites (tertiary alicyclic amines) is 1. The molecule has 7 amide bonds. The number of nitrogens with zero attached hydrogens (tertiary/aromatic N) is 4. The van der Waals surface area contributed by atoms with E-state index >= 15 is 13.2 Å². The molecular formula is C53H58F3N9O12. The molecule has 6 heterocycles. The number of ether oxygens (including phenoxy) is 2. The number of alkyl halides is 2. The number of hydrogen-bond acceptors (Lipinski definition) is 14. The van der Waals surface area contributed by atoms with Gasteiger partial charge in [0.25, 0.3) is 23.3 Å². The number of aliphatic hydroxyl groups is 1. The Labute approximate surface area is 438 Å². The van der Waals surface area contributed by atoms with Crippen LogP contribution in [0.5, 0.6) is 0 Å². The monoisotopic (exact) mass is 1070 g/mol. The van der Waals surface area contributed by atoms with Crippen molar-refractivity contribution >= 4 is 58.2 Å². The number of piperidine rings is 1. The van der Waals surface area contributed by atoms with Gasteiger partial charge in [0.05, 0.1) is 48.6 Å². The molecule has 1 fully saturated rings. The second-order valence-electron chi connectivity index (χ2n) is 19.3. The first kappa shape index (κ1) is 55.4. The fourth-order valence-electron chi connectivity index (χ4n) is 9.71. The lowest BCUT2D eigenvalue weighted by atomic mass is 9.86. The van der Waals surface area contributed by atoms with Crippen molar-refractivity contribution in [1.82, 2.24) is 45.9 Å². The second kappa shape index (κ2) is 23.6. The van der Waals surface area contributed by atoms with E-state index in [0.717, 1.165) is 4.90 Å². The van der Waals surface area contributed by atoms with Gasteiger partial charge in [-0.15, -0.1) is 0 Å². The predicted molar refractivity (Wildman–Crippen MR) is 267 cm³/mol. The molecule has 3 atom stereocenters. The van der Waals surface area contributed by atoms with Gasteiger partial charge in [0, 0.05) is 80.2 Å². The Morgan fingerprint density at radius 1 is 0.883 bits per heavy atom. The number of fused-ring (bicyclic) bond motifs is 5. The van der Waals surface area contributed by atoms with Crippen LogP contribution in [0.3, 0.4) is 0 Å². The molecule has 8 rings (SSSR count). The van der Waals surface area contributed by atoms with E-state index in [1.165, 1.54) is 28.9 Å². The number of hydrogen-bond donors (Lipinski definition) is 6. The number of imide groups is 1. The highest BCUT2D eigenvalue weighted by Gasteiger charge is 2.47. The zero-order valence-electron chi connectivity index (χ0n) is 42.3. The van der Waals surface area contributed by atoms with Gasteiger partial charge in [0.1, 0.15) is 31.3 Å². The Bertz CT molecular complexity index is 3100. The SMILES string of the molecule is CC[C@@]1(O)C(=O)OCc2c1cc1n(c2=O)Cc2c-1nc1cc(F)c(C)cc1c2CN1CCC(F)(F)[C@H](OCNC(=O)CNC(=O)[C@H](Cc2ccccc2)NC(=O)CNC(=O)CNC(=O)CCCCCN2C(=O)C=CC2=O)C1. The van der Waals surface area contributed by atoms with Crippen LogP contribution in [0.1, 0.15) is 78.8 Å². The van der Waals surface area contributed by atoms with Gasteiger partial charge in [0.15, 0.2) is 5.60 Å². The number of cyclic esters (lactones) is 1. The number of unbranched alkanes of at least 4 members (excludes halogenated alkanes) is 2. The summed E-state index contributed by atoms with van der Waals surface area (Å²) < 4.78 is 58.4. The van der Waals surface area contributed by atoms with Crippen LogP contribution < -0.4 is 32.1 Å². The number of rotatable bonds is 22. The second-order valence-corrected chi connectivity index (χ2v) is 19.3. The number of carbonyl (C=O) groups excluding carboxylic acids is 8. The third-order valence-electron chi connectivity index (χ3n) is 14.1. The highest BCUT2D eigenvalue weighted by molar-refractivity contribution is 6.12. The summed E-state index contributed by atoms with van der Waals surface area (Å²) in [4.78, 5) is 122. The first-order valence-corrected chi connectivity index (χ1v) is 25.2. The average molecular weight is 1070 g/mol. The summed E-state index contributed by atoms with van der Waals surface area (Å²) in [5.41, 5.74) is 0.585. The first-order valence-electron chi connectivity index (χ1n) is 25.2. The number of pyridine rings is 2. The zero-order chi connectivity index (χ0) is 55.2. The number of aromatic nitrogens is 2. The molecule has 4 aliphatic heterocycles. The van der Waals surface area contributed by atoms with Gasteiger partial charge in [-0.3, -0.25) is 48.2 Å². The summed E-state index contributed by atoms with van der Waals surface area (Å²) in [5, 5.41) is 24.1. The minimum atomic E-state index is -3.33. The topological polar surface area (TPSA) is 277 Å². The Hall–Kier alpha value is -7.83. The molecule has 77 heavy (non-hydrogen) atoms. The third-order valence-corrected chi connectivity index (χ3v) is 14.1. The molecular weight excluding hydrogens is 1010 g/mol. The van der Waals surface area contributed by atoms with Crippen LogP contribution in [0.4, 0.5) is 13.2 Å². The molecule has 4 aromatic rings. The normalized spacial score (nSPS) is 18.8. The lowest BCUT2D eigenvalue weighted by molar-refractivity contribution is -0.176. The van der Waals surface area contributed by atoms with Gasteiger partial charge in [-0.2, -0.15) is 0 Å². The van der Waals surface area contributed by atoms with Crippen LogP contribution in [-0.2, 0) is 79.5 Å². The summed E-state index contributed by atoms with van der Waals surface area (Å²) >= 11 is 0. The van der Waals surface area contributed by atoms with Crippen LogP contribution in [0.2, 0.25) is 0 Å². The number of halogens is 3. The van der Waals surface area contributed by atoms with Crippen molar-refractivity contribution in [2.45, 2.75) is 102 Å². The number of esters is 1. The molecule has 21 nitrogen and oxygen atoms in total. The number of benzene rings is 2. The summed E-state index contributed by atoms with van der Waals surface area (Å²) in [5.74, 6) is -8.95. The quantitative estimate of drug-likeness (QED) is 0.0248. The van der Waals surface area contributed by atoms with E-state index in [2.05, 4.69) is 26.6 Å². The largest absolute Gasteiger partial charge is 0.458 e. The Balaban J connectivity index is 0.831. The number of carbonyl (C=O) groups is 8. The van der Waals surface area contributed by atoms with Crippen molar-refractivity contribution in [3.63, 3.8) is 0 Å². The molecule has 0 radical (unpaired) electrons. The molecule has 2 aromatic heterocycles. The average Bonchev–Trinajstić information content (AvgIpc) is 4.01. The van der Waals surface area contributed by atoms with Crippen molar-refractivity contribution in [1.29, 1.82) is 0 Å². The Morgan fingerprint density at radius 2 is 1.58 bits per heavy atom. The van der Waals surface area contributed by atoms with E-state index in [1.54, 1.807) is 55.1 Å². The molecule has 6 N–H and O–H groups in total. The fourth-order valence-corrected chi connectivity index (χ4v) is 9.71. The fraction of sp³-hybridized carbons (Fsp3) is 0.434. The lowest BCUT2D eigenvalue weighted by Gasteiger charge is -2.38. The Kier molecular flexibility index (Phi) is 17.0. The van der Waals surface area contributed by atoms with Crippen LogP contribution in [0.15, 0.2) is 65.5 Å². The summed E-state index contributed by atoms with van der Waals surface area (Å²) in [7, 11) is 0. The van der Waals surface area contributed by atoms with Crippen molar-refractivity contribution in [2.24, 2.45) is 0 Å². The maximum atomic E-state index is 15.5. The van der Waals surface area contributed by atoms with Gasteiger partial charge in [-0.05, 0) is 55.0 Å². The molecule has 0 saturated carbocycles. The van der Waals surface area contributed by atoms with Crippen molar-refractivity contribution in [2.75, 3.05) is 46.0 Å². The van der Waals surface area contributed by atoms with Crippen molar-refractivity contribution in [3.8, 4) is 11.4 Å². The molecule has 1 saturated heterocycles. The molecule has 408 valence electrons. The Morgan fingerprint density at radius 3 is 2.32 bits per heavy atom. The third kappa shape index (κ3) is 12.6. The molecule has 24 heteroatoms.